The Morgan fingerprint density at radius 3 is 2.37 bits per heavy atom. The normalized spacial score (nSPS) is 13.7. The molecule has 1 unspecified atom stereocenters. The molecule has 0 saturated heterocycles. The van der Waals surface area contributed by atoms with E-state index in [0.717, 1.165) is 25.7 Å². The fourth-order valence-electron chi connectivity index (χ4n) is 2.00. The molecular formula is C17H35N2O6PS. The molecular weight excluding hydrogens is 391 g/mol. The number of thioether (sulfide) groups is 1. The predicted octanol–water partition coefficient (Wildman–Crippen LogP) is 3.14. The van der Waals surface area contributed by atoms with Crippen molar-refractivity contribution in [1.82, 2.24) is 10.6 Å². The average Bonchev–Trinajstić information content (AvgIpc) is 2.58. The number of alkyl carbamates (subject to hydrolysis) is 1. The highest BCUT2D eigenvalue weighted by Crippen LogP contribution is 2.36. The standard InChI is InChI=1S/C17H35N2O6PS/c1-17(2,27-4)10-9-15(20)18-12-14-24-16(21)19-11-7-5-6-8-13-25-26(3,22)23/h5-14H2,1-4H3,(H,18,20)(H,19,21)(H,22,23). The highest BCUT2D eigenvalue weighted by Gasteiger charge is 2.17. The molecule has 2 amide bonds. The van der Waals surface area contributed by atoms with Crippen LogP contribution in [0, 0.1) is 0 Å². The Bertz CT molecular complexity index is 484. The Balaban J connectivity index is 3.49. The van der Waals surface area contributed by atoms with Gasteiger partial charge in [0.25, 0.3) is 0 Å². The van der Waals surface area contributed by atoms with E-state index in [2.05, 4.69) is 24.5 Å². The van der Waals surface area contributed by atoms with Crippen LogP contribution < -0.4 is 10.6 Å². The minimum atomic E-state index is -3.37. The van der Waals surface area contributed by atoms with E-state index in [0.29, 0.717) is 25.9 Å². The van der Waals surface area contributed by atoms with Crippen molar-refractivity contribution in [3.05, 3.63) is 0 Å². The second kappa shape index (κ2) is 14.3. The third kappa shape index (κ3) is 18.4. The summed E-state index contributed by atoms with van der Waals surface area (Å²) in [6, 6.07) is 0. The van der Waals surface area contributed by atoms with Crippen LogP contribution in [0.5, 0.6) is 0 Å². The molecule has 0 fully saturated rings. The van der Waals surface area contributed by atoms with Crippen molar-refractivity contribution in [1.29, 1.82) is 0 Å². The zero-order valence-electron chi connectivity index (χ0n) is 16.9. The van der Waals surface area contributed by atoms with Gasteiger partial charge in [0.2, 0.25) is 5.91 Å². The first-order chi connectivity index (χ1) is 12.6. The number of nitrogens with one attached hydrogen (secondary N) is 2. The van der Waals surface area contributed by atoms with E-state index in [1.54, 1.807) is 11.8 Å². The number of ether oxygens (including phenoxy) is 1. The smallest absolute Gasteiger partial charge is 0.407 e. The first-order valence-corrected chi connectivity index (χ1v) is 12.5. The highest BCUT2D eigenvalue weighted by molar-refractivity contribution is 7.99. The van der Waals surface area contributed by atoms with Crippen molar-refractivity contribution in [3.8, 4) is 0 Å². The summed E-state index contributed by atoms with van der Waals surface area (Å²) in [6.45, 7) is 6.58. The van der Waals surface area contributed by atoms with Crippen molar-refractivity contribution in [2.45, 2.75) is 57.1 Å². The summed E-state index contributed by atoms with van der Waals surface area (Å²) in [7, 11) is -3.37. The third-order valence-corrected chi connectivity index (χ3v) is 5.81. The zero-order valence-corrected chi connectivity index (χ0v) is 18.6. The average molecular weight is 427 g/mol. The molecule has 0 spiro atoms. The van der Waals surface area contributed by atoms with E-state index < -0.39 is 13.7 Å². The van der Waals surface area contributed by atoms with Crippen molar-refractivity contribution >= 4 is 31.4 Å². The Morgan fingerprint density at radius 1 is 1.07 bits per heavy atom. The van der Waals surface area contributed by atoms with Gasteiger partial charge in [0.1, 0.15) is 6.61 Å². The van der Waals surface area contributed by atoms with E-state index in [4.69, 9.17) is 14.2 Å². The molecule has 0 aliphatic carbocycles. The Hall–Kier alpha value is -0.760. The molecule has 0 radical (unpaired) electrons. The molecule has 0 aromatic rings. The molecule has 0 aliphatic heterocycles. The van der Waals surface area contributed by atoms with Gasteiger partial charge in [-0.1, -0.05) is 26.7 Å². The van der Waals surface area contributed by atoms with Crippen molar-refractivity contribution in [2.75, 3.05) is 39.2 Å². The molecule has 0 bridgehead atoms. The van der Waals surface area contributed by atoms with E-state index in [1.807, 2.05) is 6.26 Å². The van der Waals surface area contributed by atoms with Gasteiger partial charge in [-0.2, -0.15) is 11.8 Å². The van der Waals surface area contributed by atoms with Gasteiger partial charge in [-0.25, -0.2) is 4.79 Å². The monoisotopic (exact) mass is 426 g/mol. The third-order valence-electron chi connectivity index (χ3n) is 3.84. The Morgan fingerprint density at radius 2 is 1.74 bits per heavy atom. The minimum absolute atomic E-state index is 0.0364. The van der Waals surface area contributed by atoms with Crippen LogP contribution in [0.1, 0.15) is 52.4 Å². The summed E-state index contributed by atoms with van der Waals surface area (Å²) in [6.07, 6.45) is 6.02. The van der Waals surface area contributed by atoms with Crippen molar-refractivity contribution in [2.24, 2.45) is 0 Å². The van der Waals surface area contributed by atoms with Gasteiger partial charge in [0, 0.05) is 24.4 Å². The molecule has 0 saturated carbocycles. The first kappa shape index (κ1) is 26.2. The molecule has 8 nitrogen and oxygen atoms in total. The number of unbranched alkanes of at least 4 members (excludes halogenated alkanes) is 3. The summed E-state index contributed by atoms with van der Waals surface area (Å²) in [5.41, 5.74) is 0. The lowest BCUT2D eigenvalue weighted by Crippen LogP contribution is -2.32. The minimum Gasteiger partial charge on any atom is -0.448 e. The van der Waals surface area contributed by atoms with Crippen LogP contribution in [0.2, 0.25) is 0 Å². The van der Waals surface area contributed by atoms with Crippen LogP contribution in [0.25, 0.3) is 0 Å². The molecule has 1 atom stereocenters. The van der Waals surface area contributed by atoms with Crippen molar-refractivity contribution in [3.63, 3.8) is 0 Å². The highest BCUT2D eigenvalue weighted by atomic mass is 32.2. The van der Waals surface area contributed by atoms with E-state index >= 15 is 0 Å². The second-order valence-corrected chi connectivity index (χ2v) is 10.3. The van der Waals surface area contributed by atoms with Crippen molar-refractivity contribution < 1.29 is 28.3 Å². The number of hydrogen-bond acceptors (Lipinski definition) is 6. The molecule has 10 heteroatoms. The zero-order chi connectivity index (χ0) is 20.8. The SMILES string of the molecule is CSC(C)(C)CCC(=O)NCCOC(=O)NCCCCCCOP(C)(=O)O. The summed E-state index contributed by atoms with van der Waals surface area (Å²) >= 11 is 1.73. The summed E-state index contributed by atoms with van der Waals surface area (Å²) in [4.78, 5) is 32.2. The van der Waals surface area contributed by atoms with E-state index in [9.17, 15) is 14.2 Å². The first-order valence-electron chi connectivity index (χ1n) is 9.23. The molecule has 0 aliphatic rings. The number of amides is 2. The predicted molar refractivity (Wildman–Crippen MR) is 109 cm³/mol. The van der Waals surface area contributed by atoms with Gasteiger partial charge >= 0.3 is 13.7 Å². The molecule has 0 rings (SSSR count). The number of carbonyl (C=O) groups excluding carboxylic acids is 2. The molecule has 27 heavy (non-hydrogen) atoms. The number of carbonyl (C=O) groups is 2. The molecule has 0 heterocycles. The molecule has 3 N–H and O–H groups in total. The fourth-order valence-corrected chi connectivity index (χ4v) is 2.77. The van der Waals surface area contributed by atoms with Gasteiger partial charge in [-0.3, -0.25) is 9.36 Å². The lowest BCUT2D eigenvalue weighted by atomic mass is 10.1. The van der Waals surface area contributed by atoms with Crippen LogP contribution in [0.4, 0.5) is 4.79 Å². The van der Waals surface area contributed by atoms with E-state index in [1.165, 1.54) is 6.66 Å². The summed E-state index contributed by atoms with van der Waals surface area (Å²) in [5, 5.41) is 5.38. The maximum absolute atomic E-state index is 11.7. The maximum atomic E-state index is 11.7. The van der Waals surface area contributed by atoms with Crippen LogP contribution in [-0.4, -0.2) is 60.9 Å². The number of rotatable bonds is 15. The summed E-state index contributed by atoms with van der Waals surface area (Å²) in [5.74, 6) is -0.0364. The van der Waals surface area contributed by atoms with Crippen LogP contribution in [0.3, 0.4) is 0 Å². The lowest BCUT2D eigenvalue weighted by Gasteiger charge is -2.21. The van der Waals surface area contributed by atoms with Crippen LogP contribution in [0.15, 0.2) is 0 Å². The lowest BCUT2D eigenvalue weighted by molar-refractivity contribution is -0.121. The Kier molecular flexibility index (Phi) is 13.9. The quantitative estimate of drug-likeness (QED) is 0.272. The maximum Gasteiger partial charge on any atom is 0.407 e. The molecule has 160 valence electrons. The Labute approximate surface area is 167 Å². The summed E-state index contributed by atoms with van der Waals surface area (Å²) < 4.78 is 20.8. The van der Waals surface area contributed by atoms with Gasteiger partial charge in [0.05, 0.1) is 13.2 Å². The van der Waals surface area contributed by atoms with Gasteiger partial charge < -0.3 is 24.8 Å². The molecule has 0 aromatic heterocycles. The van der Waals surface area contributed by atoms with Gasteiger partial charge in [0.15, 0.2) is 0 Å². The van der Waals surface area contributed by atoms with E-state index in [-0.39, 0.29) is 23.9 Å². The second-order valence-electron chi connectivity index (χ2n) is 6.93. The van der Waals surface area contributed by atoms with Crippen LogP contribution in [-0.2, 0) is 18.6 Å². The van der Waals surface area contributed by atoms with Gasteiger partial charge in [-0.15, -0.1) is 0 Å². The van der Waals surface area contributed by atoms with Crippen LogP contribution >= 0.6 is 19.4 Å². The number of hydrogen-bond donors (Lipinski definition) is 3. The largest absolute Gasteiger partial charge is 0.448 e. The topological polar surface area (TPSA) is 114 Å². The fraction of sp³-hybridized carbons (Fsp3) is 0.882. The van der Waals surface area contributed by atoms with Gasteiger partial charge in [-0.05, 0) is 25.5 Å². The molecule has 0 aromatic carbocycles.